The van der Waals surface area contributed by atoms with E-state index in [1.165, 1.54) is 12.8 Å². The van der Waals surface area contributed by atoms with E-state index in [0.717, 1.165) is 70.8 Å². The largest absolute Gasteiger partial charge is 0.381 e. The highest BCUT2D eigenvalue weighted by Crippen LogP contribution is 2.28. The molecule has 1 unspecified atom stereocenters. The van der Waals surface area contributed by atoms with Crippen LogP contribution >= 0.6 is 24.0 Å². The van der Waals surface area contributed by atoms with E-state index >= 15 is 0 Å². The molecule has 2 N–H and O–H groups in total. The SMILES string of the molecule is CN=C(NCCCOCC1CC1)NCC(C(C)C)N1CCN(C)CC1.I. The Hall–Kier alpha value is -0.120. The molecular weight excluding hydrogens is 441 g/mol. The zero-order valence-electron chi connectivity index (χ0n) is 17.2. The molecule has 0 spiro atoms. The molecule has 1 aliphatic heterocycles. The number of guanidine groups is 1. The fourth-order valence-electron chi connectivity index (χ4n) is 3.28. The summed E-state index contributed by atoms with van der Waals surface area (Å²) in [5, 5.41) is 6.93. The number of nitrogens with one attached hydrogen (secondary N) is 2. The predicted octanol–water partition coefficient (Wildman–Crippen LogP) is 1.86. The minimum absolute atomic E-state index is 0. The number of aliphatic imine (C=N–C) groups is 1. The average Bonchev–Trinajstić information content (AvgIpc) is 3.41. The van der Waals surface area contributed by atoms with Gasteiger partial charge in [-0.2, -0.15) is 0 Å². The molecule has 2 fully saturated rings. The van der Waals surface area contributed by atoms with Gasteiger partial charge in [-0.15, -0.1) is 24.0 Å². The van der Waals surface area contributed by atoms with Gasteiger partial charge in [0, 0.05) is 65.6 Å². The first kappa shape index (κ1) is 23.9. The van der Waals surface area contributed by atoms with Crippen LogP contribution < -0.4 is 10.6 Å². The molecule has 154 valence electrons. The normalized spacial score (nSPS) is 20.7. The van der Waals surface area contributed by atoms with Crippen LogP contribution in [0, 0.1) is 11.8 Å². The molecule has 0 aromatic carbocycles. The number of halogens is 1. The van der Waals surface area contributed by atoms with Crippen molar-refractivity contribution in [1.29, 1.82) is 0 Å². The minimum Gasteiger partial charge on any atom is -0.381 e. The van der Waals surface area contributed by atoms with Gasteiger partial charge in [-0.05, 0) is 38.1 Å². The van der Waals surface area contributed by atoms with Crippen molar-refractivity contribution in [2.45, 2.75) is 39.2 Å². The first-order valence-electron chi connectivity index (χ1n) is 10.0. The summed E-state index contributed by atoms with van der Waals surface area (Å²) >= 11 is 0. The van der Waals surface area contributed by atoms with Gasteiger partial charge < -0.3 is 20.3 Å². The maximum atomic E-state index is 5.68. The lowest BCUT2D eigenvalue weighted by molar-refractivity contribution is 0.0899. The molecule has 7 heteroatoms. The molecule has 0 aromatic heterocycles. The van der Waals surface area contributed by atoms with Crippen LogP contribution in [0.4, 0.5) is 0 Å². The lowest BCUT2D eigenvalue weighted by atomic mass is 10.0. The average molecular weight is 481 g/mol. The van der Waals surface area contributed by atoms with Crippen LogP contribution in [0.15, 0.2) is 4.99 Å². The predicted molar refractivity (Wildman–Crippen MR) is 121 cm³/mol. The zero-order valence-corrected chi connectivity index (χ0v) is 19.5. The molecule has 1 aliphatic carbocycles. The third-order valence-electron chi connectivity index (χ3n) is 5.29. The second kappa shape index (κ2) is 13.1. The van der Waals surface area contributed by atoms with Crippen molar-refractivity contribution in [3.63, 3.8) is 0 Å². The van der Waals surface area contributed by atoms with Gasteiger partial charge in [0.1, 0.15) is 0 Å². The molecule has 2 rings (SSSR count). The summed E-state index contributed by atoms with van der Waals surface area (Å²) in [5.41, 5.74) is 0. The van der Waals surface area contributed by atoms with Gasteiger partial charge in [-0.3, -0.25) is 9.89 Å². The second-order valence-corrected chi connectivity index (χ2v) is 7.90. The van der Waals surface area contributed by atoms with Crippen LogP contribution in [-0.2, 0) is 4.74 Å². The van der Waals surface area contributed by atoms with Crippen LogP contribution in [0.2, 0.25) is 0 Å². The molecule has 0 bridgehead atoms. The molecule has 1 saturated heterocycles. The van der Waals surface area contributed by atoms with Gasteiger partial charge in [0.15, 0.2) is 5.96 Å². The smallest absolute Gasteiger partial charge is 0.191 e. The monoisotopic (exact) mass is 481 g/mol. The van der Waals surface area contributed by atoms with Gasteiger partial charge in [0.25, 0.3) is 0 Å². The van der Waals surface area contributed by atoms with E-state index < -0.39 is 0 Å². The topological polar surface area (TPSA) is 52.1 Å². The van der Waals surface area contributed by atoms with Crippen LogP contribution in [0.25, 0.3) is 0 Å². The second-order valence-electron chi connectivity index (χ2n) is 7.90. The Bertz CT molecular complexity index is 395. The van der Waals surface area contributed by atoms with E-state index in [9.17, 15) is 0 Å². The van der Waals surface area contributed by atoms with Crippen molar-refractivity contribution >= 4 is 29.9 Å². The van der Waals surface area contributed by atoms with E-state index in [2.05, 4.69) is 46.3 Å². The quantitative estimate of drug-likeness (QED) is 0.216. The van der Waals surface area contributed by atoms with E-state index in [1.807, 2.05) is 7.05 Å². The number of rotatable bonds is 10. The molecular formula is C19H40IN5O. The summed E-state index contributed by atoms with van der Waals surface area (Å²) in [6.07, 6.45) is 3.75. The number of hydrogen-bond acceptors (Lipinski definition) is 4. The number of likely N-dealkylation sites (N-methyl/N-ethyl adjacent to an activating group) is 1. The molecule has 6 nitrogen and oxygen atoms in total. The van der Waals surface area contributed by atoms with Crippen LogP contribution in [0.5, 0.6) is 0 Å². The third-order valence-corrected chi connectivity index (χ3v) is 5.29. The molecule has 1 atom stereocenters. The highest BCUT2D eigenvalue weighted by atomic mass is 127. The highest BCUT2D eigenvalue weighted by molar-refractivity contribution is 14.0. The third kappa shape index (κ3) is 9.19. The summed E-state index contributed by atoms with van der Waals surface area (Å²) in [5.74, 6) is 2.39. The molecule has 1 heterocycles. The Kier molecular flexibility index (Phi) is 12.1. The minimum atomic E-state index is 0. The maximum Gasteiger partial charge on any atom is 0.191 e. The Morgan fingerprint density at radius 2 is 1.85 bits per heavy atom. The van der Waals surface area contributed by atoms with Gasteiger partial charge in [0.2, 0.25) is 0 Å². The lowest BCUT2D eigenvalue weighted by Gasteiger charge is -2.40. The Labute approximate surface area is 177 Å². The van der Waals surface area contributed by atoms with Gasteiger partial charge >= 0.3 is 0 Å². The Morgan fingerprint density at radius 3 is 2.42 bits per heavy atom. The first-order chi connectivity index (χ1) is 12.1. The van der Waals surface area contributed by atoms with Gasteiger partial charge in [0.05, 0.1) is 0 Å². The fraction of sp³-hybridized carbons (Fsp3) is 0.947. The van der Waals surface area contributed by atoms with Crippen molar-refractivity contribution in [2.75, 3.05) is 66.6 Å². The Balaban J connectivity index is 0.00000338. The van der Waals surface area contributed by atoms with Crippen molar-refractivity contribution in [3.05, 3.63) is 0 Å². The lowest BCUT2D eigenvalue weighted by Crippen LogP contribution is -2.55. The molecule has 0 aromatic rings. The van der Waals surface area contributed by atoms with E-state index in [-0.39, 0.29) is 24.0 Å². The van der Waals surface area contributed by atoms with Crippen molar-refractivity contribution in [2.24, 2.45) is 16.8 Å². The van der Waals surface area contributed by atoms with E-state index in [1.54, 1.807) is 0 Å². The van der Waals surface area contributed by atoms with E-state index in [4.69, 9.17) is 4.74 Å². The highest BCUT2D eigenvalue weighted by Gasteiger charge is 2.25. The van der Waals surface area contributed by atoms with E-state index in [0.29, 0.717) is 12.0 Å². The van der Waals surface area contributed by atoms with Gasteiger partial charge in [-0.25, -0.2) is 0 Å². The first-order valence-corrected chi connectivity index (χ1v) is 10.0. The Morgan fingerprint density at radius 1 is 1.15 bits per heavy atom. The van der Waals surface area contributed by atoms with Crippen LogP contribution in [0.1, 0.15) is 33.1 Å². The van der Waals surface area contributed by atoms with Crippen LogP contribution in [0.3, 0.4) is 0 Å². The fourth-order valence-corrected chi connectivity index (χ4v) is 3.28. The van der Waals surface area contributed by atoms with Crippen molar-refractivity contribution in [3.8, 4) is 0 Å². The van der Waals surface area contributed by atoms with Crippen LogP contribution in [-0.4, -0.2) is 88.4 Å². The van der Waals surface area contributed by atoms with Crippen molar-refractivity contribution < 1.29 is 4.74 Å². The number of ether oxygens (including phenoxy) is 1. The standard InChI is InChI=1S/C19H39N5O.HI/c1-16(2)18(24-11-9-23(4)10-12-24)14-22-19(20-3)21-8-5-13-25-15-17-6-7-17;/h16-18H,5-15H2,1-4H3,(H2,20,21,22);1H. The maximum absolute atomic E-state index is 5.68. The number of hydrogen-bond donors (Lipinski definition) is 2. The summed E-state index contributed by atoms with van der Waals surface area (Å²) in [6, 6.07) is 0.550. The molecule has 2 aliphatic rings. The van der Waals surface area contributed by atoms with Gasteiger partial charge in [-0.1, -0.05) is 13.8 Å². The molecule has 1 saturated carbocycles. The number of piperazine rings is 1. The molecule has 0 amide bonds. The summed E-state index contributed by atoms with van der Waals surface area (Å²) in [7, 11) is 4.05. The zero-order chi connectivity index (χ0) is 18.1. The molecule has 0 radical (unpaired) electrons. The molecule has 26 heavy (non-hydrogen) atoms. The summed E-state index contributed by atoms with van der Waals surface area (Å²) in [6.45, 7) is 12.9. The van der Waals surface area contributed by atoms with Crippen molar-refractivity contribution in [1.82, 2.24) is 20.4 Å². The number of nitrogens with zero attached hydrogens (tertiary/aromatic N) is 3. The summed E-state index contributed by atoms with van der Waals surface area (Å²) in [4.78, 5) is 9.39. The summed E-state index contributed by atoms with van der Waals surface area (Å²) < 4.78 is 5.68.